The normalized spacial score (nSPS) is 13.0. The molecule has 4 rings (SSSR count). The molecule has 0 radical (unpaired) electrons. The first-order valence-electron chi connectivity index (χ1n) is 11.1. The maximum Gasteiger partial charge on any atom is 0.260 e. The summed E-state index contributed by atoms with van der Waals surface area (Å²) in [4.78, 5) is 33.7. The van der Waals surface area contributed by atoms with Crippen LogP contribution in [0.1, 0.15) is 37.6 Å². The van der Waals surface area contributed by atoms with E-state index in [1.54, 1.807) is 0 Å². The topological polar surface area (TPSA) is 74.8 Å². The van der Waals surface area contributed by atoms with Gasteiger partial charge in [-0.25, -0.2) is 4.98 Å². The van der Waals surface area contributed by atoms with E-state index in [0.717, 1.165) is 22.4 Å². The number of H-pyrrole nitrogens is 1. The summed E-state index contributed by atoms with van der Waals surface area (Å²) in [6.45, 7) is 4.63. The van der Waals surface area contributed by atoms with Gasteiger partial charge >= 0.3 is 0 Å². The highest BCUT2D eigenvalue weighted by molar-refractivity contribution is 7.99. The van der Waals surface area contributed by atoms with Crippen molar-refractivity contribution in [2.45, 2.75) is 37.2 Å². The van der Waals surface area contributed by atoms with Crippen LogP contribution >= 0.6 is 23.1 Å². The summed E-state index contributed by atoms with van der Waals surface area (Å²) in [5.74, 6) is 1.36. The highest BCUT2D eigenvalue weighted by Gasteiger charge is 2.18. The molecular formula is C26H27N3O2S2. The Hall–Kier alpha value is -2.90. The van der Waals surface area contributed by atoms with Crippen molar-refractivity contribution in [3.8, 4) is 11.1 Å². The lowest BCUT2D eigenvalue weighted by Gasteiger charge is -2.18. The predicted molar refractivity (Wildman–Crippen MR) is 139 cm³/mol. The molecule has 0 aliphatic heterocycles. The molecule has 2 N–H and O–H groups in total. The van der Waals surface area contributed by atoms with Crippen molar-refractivity contribution >= 4 is 39.2 Å². The van der Waals surface area contributed by atoms with Crippen LogP contribution < -0.4 is 10.9 Å². The van der Waals surface area contributed by atoms with Crippen LogP contribution in [0.3, 0.4) is 0 Å². The summed E-state index contributed by atoms with van der Waals surface area (Å²) < 4.78 is 0. The second kappa shape index (κ2) is 10.8. The van der Waals surface area contributed by atoms with Crippen LogP contribution in [0.25, 0.3) is 21.3 Å². The average molecular weight is 478 g/mol. The number of nitrogens with one attached hydrogen (secondary N) is 2. The van der Waals surface area contributed by atoms with Crippen molar-refractivity contribution in [2.75, 3.05) is 6.54 Å². The number of thiophene rings is 1. The SMILES string of the molecule is CCC(CNC(=O)C(C)SCc1nc2scc(-c3ccccc3)c2c(=O)[nH]1)c1ccccc1. The summed E-state index contributed by atoms with van der Waals surface area (Å²) in [6.07, 6.45) is 0.961. The van der Waals surface area contributed by atoms with E-state index in [4.69, 9.17) is 0 Å². The fraction of sp³-hybridized carbons (Fsp3) is 0.269. The van der Waals surface area contributed by atoms with Gasteiger partial charge < -0.3 is 10.3 Å². The number of amides is 1. The minimum atomic E-state index is -0.248. The molecule has 170 valence electrons. The fourth-order valence-electron chi connectivity index (χ4n) is 3.76. The first-order chi connectivity index (χ1) is 16.1. The molecule has 0 fully saturated rings. The number of rotatable bonds is 9. The minimum Gasteiger partial charge on any atom is -0.355 e. The van der Waals surface area contributed by atoms with Crippen LogP contribution in [0.15, 0.2) is 70.8 Å². The second-order valence-corrected chi connectivity index (χ2v) is 10.1. The Labute approximate surface area is 201 Å². The molecule has 2 aromatic heterocycles. The Bertz CT molecular complexity index is 1270. The number of hydrogen-bond acceptors (Lipinski definition) is 5. The molecule has 0 saturated carbocycles. The van der Waals surface area contributed by atoms with Crippen LogP contribution in [0, 0.1) is 0 Å². The number of thioether (sulfide) groups is 1. The van der Waals surface area contributed by atoms with Crippen LogP contribution in [-0.2, 0) is 10.5 Å². The highest BCUT2D eigenvalue weighted by Crippen LogP contribution is 2.31. The van der Waals surface area contributed by atoms with Gasteiger partial charge in [-0.15, -0.1) is 23.1 Å². The van der Waals surface area contributed by atoms with E-state index in [9.17, 15) is 9.59 Å². The number of carbonyl (C=O) groups is 1. The van der Waals surface area contributed by atoms with Crippen LogP contribution in [-0.4, -0.2) is 27.7 Å². The van der Waals surface area contributed by atoms with Crippen LogP contribution in [0.4, 0.5) is 0 Å². The summed E-state index contributed by atoms with van der Waals surface area (Å²) in [6, 6.07) is 20.1. The smallest absolute Gasteiger partial charge is 0.260 e. The minimum absolute atomic E-state index is 0.000272. The number of nitrogens with zero attached hydrogens (tertiary/aromatic N) is 1. The number of aromatic nitrogens is 2. The standard InChI is InChI=1S/C26H27N3O2S2/c1-3-18(19-10-6-4-7-11-19)14-27-24(30)17(2)32-16-22-28-25(31)23-21(15-33-26(23)29-22)20-12-8-5-9-13-20/h4-13,15,17-18H,3,14,16H2,1-2H3,(H,27,30)(H,28,29,31). The molecule has 2 unspecified atom stereocenters. The van der Waals surface area contributed by atoms with Crippen molar-refractivity contribution in [2.24, 2.45) is 0 Å². The van der Waals surface area contributed by atoms with E-state index in [1.165, 1.54) is 28.7 Å². The van der Waals surface area contributed by atoms with Gasteiger partial charge in [0.2, 0.25) is 5.91 Å². The zero-order valence-corrected chi connectivity index (χ0v) is 20.3. The molecule has 4 aromatic rings. The Morgan fingerprint density at radius 2 is 1.82 bits per heavy atom. The van der Waals surface area contributed by atoms with E-state index in [1.807, 2.05) is 60.8 Å². The third-order valence-corrected chi connectivity index (χ3v) is 7.73. The molecule has 2 aromatic carbocycles. The first kappa shape index (κ1) is 23.3. The number of hydrogen-bond donors (Lipinski definition) is 2. The number of benzene rings is 2. The lowest BCUT2D eigenvalue weighted by molar-refractivity contribution is -0.120. The lowest BCUT2D eigenvalue weighted by atomic mass is 9.96. The van der Waals surface area contributed by atoms with Crippen molar-refractivity contribution in [3.05, 3.63) is 87.8 Å². The molecule has 5 nitrogen and oxygen atoms in total. The third-order valence-electron chi connectivity index (χ3n) is 5.70. The maximum absolute atomic E-state index is 12.8. The van der Waals surface area contributed by atoms with E-state index in [2.05, 4.69) is 34.3 Å². The molecule has 1 amide bonds. The monoisotopic (exact) mass is 477 g/mol. The highest BCUT2D eigenvalue weighted by atomic mass is 32.2. The first-order valence-corrected chi connectivity index (χ1v) is 13.0. The fourth-order valence-corrected chi connectivity index (χ4v) is 5.51. The zero-order chi connectivity index (χ0) is 23.2. The van der Waals surface area contributed by atoms with Gasteiger partial charge in [0.05, 0.1) is 16.4 Å². The Balaban J connectivity index is 1.38. The van der Waals surface area contributed by atoms with Gasteiger partial charge in [0.1, 0.15) is 10.7 Å². The quantitative estimate of drug-likeness (QED) is 0.330. The summed E-state index contributed by atoms with van der Waals surface area (Å²) in [7, 11) is 0. The zero-order valence-electron chi connectivity index (χ0n) is 18.7. The lowest BCUT2D eigenvalue weighted by Crippen LogP contribution is -2.34. The van der Waals surface area contributed by atoms with Crippen molar-refractivity contribution < 1.29 is 4.79 Å². The molecular weight excluding hydrogens is 450 g/mol. The van der Waals surface area contributed by atoms with E-state index in [0.29, 0.717) is 29.4 Å². The number of aromatic amines is 1. The predicted octanol–water partition coefficient (Wildman–Crippen LogP) is 5.58. The van der Waals surface area contributed by atoms with Gasteiger partial charge in [-0.1, -0.05) is 67.6 Å². The summed E-state index contributed by atoms with van der Waals surface area (Å²) >= 11 is 2.94. The average Bonchev–Trinajstić information content (AvgIpc) is 3.28. The van der Waals surface area contributed by atoms with Gasteiger partial charge in [0, 0.05) is 23.4 Å². The van der Waals surface area contributed by atoms with Crippen molar-refractivity contribution in [3.63, 3.8) is 0 Å². The van der Waals surface area contributed by atoms with Gasteiger partial charge in [-0.2, -0.15) is 0 Å². The second-order valence-electron chi connectivity index (χ2n) is 7.92. The maximum atomic E-state index is 12.8. The Kier molecular flexibility index (Phi) is 7.62. The molecule has 0 bridgehead atoms. The molecule has 0 aliphatic rings. The molecule has 7 heteroatoms. The molecule has 0 spiro atoms. The number of carbonyl (C=O) groups excluding carboxylic acids is 1. The molecule has 0 saturated heterocycles. The summed E-state index contributed by atoms with van der Waals surface area (Å²) in [5.41, 5.74) is 3.01. The Morgan fingerprint density at radius 3 is 2.52 bits per heavy atom. The van der Waals surface area contributed by atoms with E-state index < -0.39 is 0 Å². The summed E-state index contributed by atoms with van der Waals surface area (Å²) in [5, 5.41) is 5.43. The van der Waals surface area contributed by atoms with Gasteiger partial charge in [0.15, 0.2) is 0 Å². The van der Waals surface area contributed by atoms with E-state index >= 15 is 0 Å². The van der Waals surface area contributed by atoms with Gasteiger partial charge in [-0.05, 0) is 24.5 Å². The third kappa shape index (κ3) is 5.54. The van der Waals surface area contributed by atoms with E-state index in [-0.39, 0.29) is 16.7 Å². The van der Waals surface area contributed by atoms with Crippen LogP contribution in [0.5, 0.6) is 0 Å². The molecule has 0 aliphatic carbocycles. The largest absolute Gasteiger partial charge is 0.355 e. The van der Waals surface area contributed by atoms with Gasteiger partial charge in [-0.3, -0.25) is 9.59 Å². The molecule has 2 heterocycles. The number of fused-ring (bicyclic) bond motifs is 1. The van der Waals surface area contributed by atoms with Gasteiger partial charge in [0.25, 0.3) is 5.56 Å². The molecule has 33 heavy (non-hydrogen) atoms. The van der Waals surface area contributed by atoms with Crippen molar-refractivity contribution in [1.82, 2.24) is 15.3 Å². The Morgan fingerprint density at radius 1 is 1.12 bits per heavy atom. The van der Waals surface area contributed by atoms with Crippen molar-refractivity contribution in [1.29, 1.82) is 0 Å². The van der Waals surface area contributed by atoms with Crippen LogP contribution in [0.2, 0.25) is 0 Å². The molecule has 2 atom stereocenters.